The van der Waals surface area contributed by atoms with Gasteiger partial charge in [0.1, 0.15) is 11.7 Å². The number of hydrogen-bond donors (Lipinski definition) is 3. The van der Waals surface area contributed by atoms with E-state index in [0.29, 0.717) is 6.54 Å². The highest BCUT2D eigenvalue weighted by Gasteiger charge is 2.20. The van der Waals surface area contributed by atoms with Gasteiger partial charge in [-0.15, -0.1) is 0 Å². The summed E-state index contributed by atoms with van der Waals surface area (Å²) in [4.78, 5) is 25.0. The Labute approximate surface area is 99.4 Å². The number of carbonyl (C=O) groups excluding carboxylic acids is 2. The molecule has 2 amide bonds. The normalized spacial score (nSPS) is 11.9. The molecule has 0 aliphatic carbocycles. The van der Waals surface area contributed by atoms with E-state index < -0.39 is 11.9 Å². The van der Waals surface area contributed by atoms with Crippen molar-refractivity contribution in [2.75, 3.05) is 19.3 Å². The maximum atomic E-state index is 11.7. The van der Waals surface area contributed by atoms with Crippen molar-refractivity contribution in [3.8, 4) is 0 Å². The zero-order valence-electron chi connectivity index (χ0n) is 10.2. The van der Waals surface area contributed by atoms with Crippen molar-refractivity contribution in [1.29, 1.82) is 0 Å². The molecule has 1 heterocycles. The van der Waals surface area contributed by atoms with Crippen LogP contribution in [0.3, 0.4) is 0 Å². The fraction of sp³-hybridized carbons (Fsp3) is 0.500. The van der Waals surface area contributed by atoms with Crippen LogP contribution in [0.15, 0.2) is 6.20 Å². The van der Waals surface area contributed by atoms with E-state index in [2.05, 4.69) is 15.5 Å². The monoisotopic (exact) mass is 239 g/mol. The topological polar surface area (TPSA) is 104 Å². The first-order valence-corrected chi connectivity index (χ1v) is 5.32. The number of nitrogens with zero attached hydrogens (tertiary/aromatic N) is 2. The summed E-state index contributed by atoms with van der Waals surface area (Å²) < 4.78 is 0. The third kappa shape index (κ3) is 2.96. The maximum absolute atomic E-state index is 11.7. The average molecular weight is 239 g/mol. The zero-order valence-corrected chi connectivity index (χ0v) is 10.2. The lowest BCUT2D eigenvalue weighted by atomic mass is 10.2. The van der Waals surface area contributed by atoms with Crippen molar-refractivity contribution in [2.45, 2.75) is 19.9 Å². The van der Waals surface area contributed by atoms with Crippen molar-refractivity contribution >= 4 is 17.5 Å². The van der Waals surface area contributed by atoms with E-state index in [-0.39, 0.29) is 17.3 Å². The Hall–Kier alpha value is -2.05. The van der Waals surface area contributed by atoms with E-state index in [4.69, 9.17) is 5.73 Å². The molecule has 0 spiro atoms. The van der Waals surface area contributed by atoms with E-state index >= 15 is 0 Å². The van der Waals surface area contributed by atoms with Crippen LogP contribution in [0.2, 0.25) is 0 Å². The molecule has 0 aromatic carbocycles. The molecule has 0 fully saturated rings. The first-order valence-electron chi connectivity index (χ1n) is 5.32. The van der Waals surface area contributed by atoms with Crippen molar-refractivity contribution in [1.82, 2.24) is 20.4 Å². The third-order valence-electron chi connectivity index (χ3n) is 2.46. The summed E-state index contributed by atoms with van der Waals surface area (Å²) in [6, 6.07) is -0.602. The molecule has 1 atom stereocenters. The number of hydrogen-bond acceptors (Lipinski definition) is 4. The Morgan fingerprint density at radius 1 is 1.65 bits per heavy atom. The molecule has 1 aromatic heterocycles. The van der Waals surface area contributed by atoms with Crippen LogP contribution in [-0.4, -0.2) is 46.5 Å². The van der Waals surface area contributed by atoms with Gasteiger partial charge in [-0.3, -0.25) is 14.7 Å². The van der Waals surface area contributed by atoms with Crippen LogP contribution in [-0.2, 0) is 4.79 Å². The summed E-state index contributed by atoms with van der Waals surface area (Å²) in [5.74, 6) is -0.593. The van der Waals surface area contributed by atoms with Crippen LogP contribution in [0, 0.1) is 0 Å². The minimum absolute atomic E-state index is 0.154. The van der Waals surface area contributed by atoms with E-state index in [1.165, 1.54) is 11.1 Å². The van der Waals surface area contributed by atoms with Gasteiger partial charge in [0.05, 0.1) is 11.9 Å². The fourth-order valence-corrected chi connectivity index (χ4v) is 1.29. The summed E-state index contributed by atoms with van der Waals surface area (Å²) >= 11 is 0. The number of amides is 2. The fourth-order valence-electron chi connectivity index (χ4n) is 1.29. The standard InChI is InChI=1S/C10H17N5O2/c1-4-15(3)10(17)6(2)13-9(16)8-7(11)5-12-14-8/h5-6H,4,11H2,1-3H3,(H,12,14)(H,13,16). The lowest BCUT2D eigenvalue weighted by Crippen LogP contribution is -2.45. The predicted octanol–water partition coefficient (Wildman–Crippen LogP) is -0.411. The Bertz CT molecular complexity index is 415. The van der Waals surface area contributed by atoms with Crippen molar-refractivity contribution in [2.24, 2.45) is 0 Å². The Balaban J connectivity index is 2.64. The molecule has 0 aliphatic heterocycles. The maximum Gasteiger partial charge on any atom is 0.272 e. The van der Waals surface area contributed by atoms with Crippen LogP contribution in [0.1, 0.15) is 24.3 Å². The van der Waals surface area contributed by atoms with E-state index in [9.17, 15) is 9.59 Å². The smallest absolute Gasteiger partial charge is 0.272 e. The van der Waals surface area contributed by atoms with Gasteiger partial charge in [-0.1, -0.05) is 0 Å². The van der Waals surface area contributed by atoms with Crippen LogP contribution >= 0.6 is 0 Å². The number of carbonyl (C=O) groups is 2. The molecule has 1 rings (SSSR count). The van der Waals surface area contributed by atoms with Gasteiger partial charge in [-0.05, 0) is 13.8 Å². The summed E-state index contributed by atoms with van der Waals surface area (Å²) in [5, 5.41) is 8.68. The molecule has 0 aliphatic rings. The second kappa shape index (κ2) is 5.33. The predicted molar refractivity (Wildman–Crippen MR) is 63.2 cm³/mol. The quantitative estimate of drug-likeness (QED) is 0.664. The van der Waals surface area contributed by atoms with Gasteiger partial charge in [-0.25, -0.2) is 0 Å². The number of H-pyrrole nitrogens is 1. The van der Waals surface area contributed by atoms with E-state index in [1.54, 1.807) is 14.0 Å². The molecule has 0 saturated carbocycles. The van der Waals surface area contributed by atoms with Crippen molar-refractivity contribution in [3.63, 3.8) is 0 Å². The van der Waals surface area contributed by atoms with Crippen LogP contribution in [0.4, 0.5) is 5.69 Å². The Kier molecular flexibility index (Phi) is 4.08. The van der Waals surface area contributed by atoms with Gasteiger partial charge in [-0.2, -0.15) is 5.10 Å². The molecule has 7 nitrogen and oxygen atoms in total. The molecule has 4 N–H and O–H groups in total. The molecule has 1 unspecified atom stereocenters. The molecule has 1 aromatic rings. The van der Waals surface area contributed by atoms with Gasteiger partial charge in [0.2, 0.25) is 5.91 Å². The molecule has 94 valence electrons. The number of likely N-dealkylation sites (N-methyl/N-ethyl adjacent to an activating group) is 1. The molecular weight excluding hydrogens is 222 g/mol. The number of nitrogens with one attached hydrogen (secondary N) is 2. The highest BCUT2D eigenvalue weighted by Crippen LogP contribution is 2.05. The lowest BCUT2D eigenvalue weighted by molar-refractivity contribution is -0.131. The average Bonchev–Trinajstić information content (AvgIpc) is 2.73. The Morgan fingerprint density at radius 2 is 2.29 bits per heavy atom. The van der Waals surface area contributed by atoms with Crippen molar-refractivity contribution in [3.05, 3.63) is 11.9 Å². The highest BCUT2D eigenvalue weighted by atomic mass is 16.2. The summed E-state index contributed by atoms with van der Waals surface area (Å²) in [5.41, 5.74) is 5.96. The van der Waals surface area contributed by atoms with E-state index in [1.807, 2.05) is 6.92 Å². The summed E-state index contributed by atoms with van der Waals surface area (Å²) in [7, 11) is 1.68. The van der Waals surface area contributed by atoms with Gasteiger partial charge in [0.25, 0.3) is 5.91 Å². The second-order valence-corrected chi connectivity index (χ2v) is 3.75. The number of anilines is 1. The number of nitrogens with two attached hydrogens (primary N) is 1. The van der Waals surface area contributed by atoms with Crippen LogP contribution in [0.25, 0.3) is 0 Å². The number of nitrogen functional groups attached to an aromatic ring is 1. The van der Waals surface area contributed by atoms with Gasteiger partial charge < -0.3 is 16.0 Å². The van der Waals surface area contributed by atoms with Gasteiger partial charge >= 0.3 is 0 Å². The molecule has 0 bridgehead atoms. The van der Waals surface area contributed by atoms with Gasteiger partial charge in [0.15, 0.2) is 0 Å². The summed E-state index contributed by atoms with van der Waals surface area (Å²) in [6.45, 7) is 4.07. The zero-order chi connectivity index (χ0) is 13.0. The second-order valence-electron chi connectivity index (χ2n) is 3.75. The van der Waals surface area contributed by atoms with Crippen molar-refractivity contribution < 1.29 is 9.59 Å². The first kappa shape index (κ1) is 13.0. The summed E-state index contributed by atoms with van der Waals surface area (Å²) in [6.07, 6.45) is 1.35. The number of rotatable bonds is 4. The molecular formula is C10H17N5O2. The number of aromatic amines is 1. The lowest BCUT2D eigenvalue weighted by Gasteiger charge is -2.20. The molecule has 0 saturated heterocycles. The molecule has 0 radical (unpaired) electrons. The minimum atomic E-state index is -0.602. The largest absolute Gasteiger partial charge is 0.396 e. The highest BCUT2D eigenvalue weighted by molar-refractivity contribution is 5.99. The minimum Gasteiger partial charge on any atom is -0.396 e. The molecule has 17 heavy (non-hydrogen) atoms. The number of aromatic nitrogens is 2. The third-order valence-corrected chi connectivity index (χ3v) is 2.46. The Morgan fingerprint density at radius 3 is 2.76 bits per heavy atom. The van der Waals surface area contributed by atoms with E-state index in [0.717, 1.165) is 0 Å². The SMILES string of the molecule is CCN(C)C(=O)C(C)NC(=O)c1[nH]ncc1N. The van der Waals surface area contributed by atoms with Gasteiger partial charge in [0, 0.05) is 13.6 Å². The first-order chi connectivity index (χ1) is 7.97. The van der Waals surface area contributed by atoms with Crippen LogP contribution in [0.5, 0.6) is 0 Å². The molecule has 7 heteroatoms. The van der Waals surface area contributed by atoms with Crippen LogP contribution < -0.4 is 11.1 Å².